The summed E-state index contributed by atoms with van der Waals surface area (Å²) in [5.41, 5.74) is -0.0712. The molecule has 1 atom stereocenters. The lowest BCUT2D eigenvalue weighted by Gasteiger charge is -2.18. The van der Waals surface area contributed by atoms with Crippen molar-refractivity contribution in [2.24, 2.45) is 0 Å². The lowest BCUT2D eigenvalue weighted by Crippen LogP contribution is -2.29. The molecule has 0 aliphatic heterocycles. The van der Waals surface area contributed by atoms with Crippen LogP contribution < -0.4 is 0 Å². The summed E-state index contributed by atoms with van der Waals surface area (Å²) in [6.07, 6.45) is -0.0791. The van der Waals surface area contributed by atoms with E-state index in [-0.39, 0.29) is 11.3 Å². The summed E-state index contributed by atoms with van der Waals surface area (Å²) in [5, 5.41) is 18.6. The molecule has 4 nitrogen and oxygen atoms in total. The summed E-state index contributed by atoms with van der Waals surface area (Å²) in [5.74, 6) is -1.29. The second-order valence-electron chi connectivity index (χ2n) is 4.03. The van der Waals surface area contributed by atoms with E-state index in [4.69, 9.17) is 5.11 Å². The Hall–Kier alpha value is -1.62. The van der Waals surface area contributed by atoms with Crippen LogP contribution in [-0.4, -0.2) is 40.7 Å². The van der Waals surface area contributed by atoms with E-state index in [2.05, 4.69) is 0 Å². The van der Waals surface area contributed by atoms with Crippen LogP contribution in [0.3, 0.4) is 0 Å². The minimum absolute atomic E-state index is 0.0712. The zero-order valence-electron chi connectivity index (χ0n) is 9.85. The number of aliphatic hydroxyl groups excluding tert-OH is 1. The van der Waals surface area contributed by atoms with Gasteiger partial charge in [0.2, 0.25) is 0 Å². The van der Waals surface area contributed by atoms with Crippen LogP contribution in [0.1, 0.15) is 23.7 Å². The Bertz CT molecular complexity index is 407. The number of rotatable bonds is 4. The molecule has 0 heterocycles. The number of aliphatic hydroxyl groups is 1. The second-order valence-corrected chi connectivity index (χ2v) is 4.03. The van der Waals surface area contributed by atoms with Gasteiger partial charge in [-0.15, -0.1) is 0 Å². The molecule has 0 aromatic heterocycles. The first-order valence-corrected chi connectivity index (χ1v) is 5.34. The standard InChI is InChI=1S/C12H16FNO3/c1-8(15)5-6-14(2)12(17)10-7-9(13)3-4-11(10)16/h3-4,7-8,15-16H,5-6H2,1-2H3. The summed E-state index contributed by atoms with van der Waals surface area (Å²) in [4.78, 5) is 13.2. The number of hydrogen-bond acceptors (Lipinski definition) is 3. The number of benzene rings is 1. The number of halogens is 1. The summed E-state index contributed by atoms with van der Waals surface area (Å²) >= 11 is 0. The van der Waals surface area contributed by atoms with Gasteiger partial charge in [-0.25, -0.2) is 4.39 Å². The van der Waals surface area contributed by atoms with Gasteiger partial charge >= 0.3 is 0 Å². The van der Waals surface area contributed by atoms with Gasteiger partial charge < -0.3 is 15.1 Å². The van der Waals surface area contributed by atoms with Crippen LogP contribution in [-0.2, 0) is 0 Å². The molecule has 1 aromatic carbocycles. The van der Waals surface area contributed by atoms with Gasteiger partial charge in [0.05, 0.1) is 11.7 Å². The highest BCUT2D eigenvalue weighted by Gasteiger charge is 2.16. The summed E-state index contributed by atoms with van der Waals surface area (Å²) < 4.78 is 13.0. The maximum Gasteiger partial charge on any atom is 0.257 e. The largest absolute Gasteiger partial charge is 0.507 e. The molecule has 0 saturated carbocycles. The fourth-order valence-corrected chi connectivity index (χ4v) is 1.37. The predicted octanol–water partition coefficient (Wildman–Crippen LogP) is 1.37. The van der Waals surface area contributed by atoms with Gasteiger partial charge in [-0.05, 0) is 31.5 Å². The second kappa shape index (κ2) is 5.63. The van der Waals surface area contributed by atoms with Crippen LogP contribution in [0, 0.1) is 5.82 Å². The Morgan fingerprint density at radius 2 is 2.18 bits per heavy atom. The number of nitrogens with zero attached hydrogens (tertiary/aromatic N) is 1. The van der Waals surface area contributed by atoms with E-state index in [0.29, 0.717) is 13.0 Å². The SMILES string of the molecule is CC(O)CCN(C)C(=O)c1cc(F)ccc1O. The average molecular weight is 241 g/mol. The van der Waals surface area contributed by atoms with E-state index >= 15 is 0 Å². The molecule has 1 rings (SSSR count). The van der Waals surface area contributed by atoms with E-state index < -0.39 is 17.8 Å². The molecule has 5 heteroatoms. The maximum atomic E-state index is 13.0. The van der Waals surface area contributed by atoms with E-state index in [0.717, 1.165) is 18.2 Å². The Kier molecular flexibility index (Phi) is 4.45. The quantitative estimate of drug-likeness (QED) is 0.837. The molecular formula is C12H16FNO3. The highest BCUT2D eigenvalue weighted by atomic mass is 19.1. The lowest BCUT2D eigenvalue weighted by atomic mass is 10.1. The first kappa shape index (κ1) is 13.4. The third-order valence-corrected chi connectivity index (χ3v) is 2.42. The molecule has 2 N–H and O–H groups in total. The molecule has 0 aliphatic carbocycles. The highest BCUT2D eigenvalue weighted by molar-refractivity contribution is 5.96. The van der Waals surface area contributed by atoms with Crippen molar-refractivity contribution in [3.63, 3.8) is 0 Å². The van der Waals surface area contributed by atoms with E-state index in [1.807, 2.05) is 0 Å². The Balaban J connectivity index is 2.78. The first-order valence-electron chi connectivity index (χ1n) is 5.34. The fourth-order valence-electron chi connectivity index (χ4n) is 1.37. The number of carbonyl (C=O) groups excluding carboxylic acids is 1. The zero-order chi connectivity index (χ0) is 13.0. The van der Waals surface area contributed by atoms with Crippen LogP contribution in [0.15, 0.2) is 18.2 Å². The molecule has 94 valence electrons. The van der Waals surface area contributed by atoms with Crippen LogP contribution in [0.4, 0.5) is 4.39 Å². The number of carbonyl (C=O) groups is 1. The van der Waals surface area contributed by atoms with Gasteiger partial charge in [0, 0.05) is 13.6 Å². The third-order valence-electron chi connectivity index (χ3n) is 2.42. The van der Waals surface area contributed by atoms with Crippen LogP contribution in [0.25, 0.3) is 0 Å². The summed E-state index contributed by atoms with van der Waals surface area (Å²) in [6.45, 7) is 1.96. The van der Waals surface area contributed by atoms with Gasteiger partial charge in [0.25, 0.3) is 5.91 Å². The molecule has 0 saturated heterocycles. The summed E-state index contributed by atoms with van der Waals surface area (Å²) in [6, 6.07) is 3.23. The Labute approximate surface area is 99.3 Å². The average Bonchev–Trinajstić information content (AvgIpc) is 2.28. The summed E-state index contributed by atoms with van der Waals surface area (Å²) in [7, 11) is 1.54. The smallest absolute Gasteiger partial charge is 0.257 e. The molecule has 0 radical (unpaired) electrons. The fraction of sp³-hybridized carbons (Fsp3) is 0.417. The Morgan fingerprint density at radius 3 is 2.76 bits per heavy atom. The van der Waals surface area contributed by atoms with Gasteiger partial charge in [-0.2, -0.15) is 0 Å². The van der Waals surface area contributed by atoms with E-state index in [1.165, 1.54) is 11.9 Å². The van der Waals surface area contributed by atoms with Gasteiger partial charge in [0.1, 0.15) is 11.6 Å². The Morgan fingerprint density at radius 1 is 1.53 bits per heavy atom. The molecule has 1 unspecified atom stereocenters. The van der Waals surface area contributed by atoms with E-state index in [9.17, 15) is 14.3 Å². The molecule has 17 heavy (non-hydrogen) atoms. The van der Waals surface area contributed by atoms with Crippen molar-refractivity contribution in [3.05, 3.63) is 29.6 Å². The zero-order valence-corrected chi connectivity index (χ0v) is 9.85. The molecule has 0 aliphatic rings. The minimum atomic E-state index is -0.574. The van der Waals surface area contributed by atoms with Crippen LogP contribution in [0.2, 0.25) is 0 Å². The number of phenols is 1. The molecule has 0 fully saturated rings. The molecule has 1 aromatic rings. The first-order chi connectivity index (χ1) is 7.91. The van der Waals surface area contributed by atoms with Gasteiger partial charge in [-0.1, -0.05) is 0 Å². The van der Waals surface area contributed by atoms with Crippen molar-refractivity contribution >= 4 is 5.91 Å². The predicted molar refractivity (Wildman–Crippen MR) is 61.3 cm³/mol. The van der Waals surface area contributed by atoms with Crippen molar-refractivity contribution in [2.75, 3.05) is 13.6 Å². The topological polar surface area (TPSA) is 60.8 Å². The van der Waals surface area contributed by atoms with Crippen molar-refractivity contribution in [1.82, 2.24) is 4.90 Å². The number of hydrogen-bond donors (Lipinski definition) is 2. The van der Waals surface area contributed by atoms with Crippen molar-refractivity contribution < 1.29 is 19.4 Å². The molecule has 0 spiro atoms. The van der Waals surface area contributed by atoms with Crippen LogP contribution >= 0.6 is 0 Å². The molecule has 0 bridgehead atoms. The monoisotopic (exact) mass is 241 g/mol. The normalized spacial score (nSPS) is 12.2. The van der Waals surface area contributed by atoms with Crippen molar-refractivity contribution in [2.45, 2.75) is 19.4 Å². The van der Waals surface area contributed by atoms with Crippen LogP contribution in [0.5, 0.6) is 5.75 Å². The van der Waals surface area contributed by atoms with Gasteiger partial charge in [0.15, 0.2) is 0 Å². The highest BCUT2D eigenvalue weighted by Crippen LogP contribution is 2.19. The van der Waals surface area contributed by atoms with Gasteiger partial charge in [-0.3, -0.25) is 4.79 Å². The van der Waals surface area contributed by atoms with Crippen molar-refractivity contribution in [1.29, 1.82) is 0 Å². The minimum Gasteiger partial charge on any atom is -0.507 e. The number of aromatic hydroxyl groups is 1. The molecular weight excluding hydrogens is 225 g/mol. The van der Waals surface area contributed by atoms with Crippen molar-refractivity contribution in [3.8, 4) is 5.75 Å². The number of phenolic OH excluding ortho intramolecular Hbond substituents is 1. The lowest BCUT2D eigenvalue weighted by molar-refractivity contribution is 0.0765. The van der Waals surface area contributed by atoms with E-state index in [1.54, 1.807) is 6.92 Å². The third kappa shape index (κ3) is 3.71. The number of amides is 1. The molecule has 1 amide bonds. The maximum absolute atomic E-state index is 13.0.